The Balaban J connectivity index is 2.00. The molecule has 5 nitrogen and oxygen atoms in total. The number of carbonyl (C=O) groups excluding carboxylic acids is 1. The molecule has 180 valence electrons. The Kier molecular flexibility index (Phi) is 7.62. The summed E-state index contributed by atoms with van der Waals surface area (Å²) in [6, 6.07) is 6.40. The van der Waals surface area contributed by atoms with Gasteiger partial charge in [0, 0.05) is 42.1 Å². The first-order valence-corrected chi connectivity index (χ1v) is 10.9. The monoisotopic (exact) mass is 467 g/mol. The number of rotatable bonds is 6. The van der Waals surface area contributed by atoms with E-state index in [-0.39, 0.29) is 31.5 Å². The predicted molar refractivity (Wildman–Crippen MR) is 118 cm³/mol. The summed E-state index contributed by atoms with van der Waals surface area (Å²) in [6.45, 7) is 7.17. The molecular weight excluding hydrogens is 438 g/mol. The summed E-state index contributed by atoms with van der Waals surface area (Å²) in [5.74, 6) is -0.585. The van der Waals surface area contributed by atoms with Crippen LogP contribution in [0.1, 0.15) is 37.2 Å². The van der Waals surface area contributed by atoms with Gasteiger partial charge in [-0.05, 0) is 55.2 Å². The van der Waals surface area contributed by atoms with Gasteiger partial charge in [-0.2, -0.15) is 13.2 Å². The molecule has 1 aliphatic heterocycles. The molecule has 1 aliphatic rings. The van der Waals surface area contributed by atoms with Crippen LogP contribution >= 0.6 is 0 Å². The summed E-state index contributed by atoms with van der Waals surface area (Å²) < 4.78 is 59.9. The highest BCUT2D eigenvalue weighted by Crippen LogP contribution is 2.34. The molecule has 1 N–H and O–H groups in total. The van der Waals surface area contributed by atoms with Crippen molar-refractivity contribution in [2.75, 3.05) is 24.6 Å². The Labute approximate surface area is 191 Å². The van der Waals surface area contributed by atoms with E-state index < -0.39 is 24.6 Å². The van der Waals surface area contributed by atoms with Crippen molar-refractivity contribution in [2.45, 2.75) is 52.9 Å². The zero-order valence-corrected chi connectivity index (χ0v) is 19.2. The van der Waals surface area contributed by atoms with Crippen molar-refractivity contribution >= 4 is 11.6 Å². The number of hydrogen-bond acceptors (Lipinski definition) is 4. The highest BCUT2D eigenvalue weighted by molar-refractivity contribution is 5.77. The van der Waals surface area contributed by atoms with Crippen LogP contribution in [0.3, 0.4) is 0 Å². The van der Waals surface area contributed by atoms with Crippen LogP contribution < -0.4 is 10.2 Å². The normalized spacial score (nSPS) is 16.9. The molecule has 1 aromatic carbocycles. The van der Waals surface area contributed by atoms with Crippen LogP contribution in [-0.4, -0.2) is 42.9 Å². The van der Waals surface area contributed by atoms with E-state index in [9.17, 15) is 18.0 Å². The fraction of sp³-hybridized carbons (Fsp3) is 0.500. The van der Waals surface area contributed by atoms with E-state index in [4.69, 9.17) is 4.74 Å². The minimum Gasteiger partial charge on any atom is -0.366 e. The second-order valence-electron chi connectivity index (χ2n) is 8.82. The molecule has 1 amide bonds. The van der Waals surface area contributed by atoms with E-state index >= 15 is 4.39 Å². The van der Waals surface area contributed by atoms with Crippen LogP contribution in [0.15, 0.2) is 24.3 Å². The molecule has 1 saturated heterocycles. The number of amides is 1. The van der Waals surface area contributed by atoms with Crippen LogP contribution in [0.5, 0.6) is 0 Å². The average molecular weight is 468 g/mol. The van der Waals surface area contributed by atoms with Gasteiger partial charge in [0.05, 0.1) is 13.2 Å². The first-order chi connectivity index (χ1) is 15.4. The summed E-state index contributed by atoms with van der Waals surface area (Å²) in [4.78, 5) is 18.0. The molecule has 9 heteroatoms. The molecule has 0 bridgehead atoms. The number of aromatic nitrogens is 1. The third-order valence-corrected chi connectivity index (χ3v) is 5.39. The first-order valence-electron chi connectivity index (χ1n) is 10.9. The van der Waals surface area contributed by atoms with Gasteiger partial charge in [0.25, 0.3) is 0 Å². The highest BCUT2D eigenvalue weighted by atomic mass is 19.4. The highest BCUT2D eigenvalue weighted by Gasteiger charge is 2.43. The van der Waals surface area contributed by atoms with E-state index in [1.54, 1.807) is 32.0 Å². The molecule has 33 heavy (non-hydrogen) atoms. The zero-order chi connectivity index (χ0) is 24.3. The number of nitrogens with zero attached hydrogens (tertiary/aromatic N) is 2. The van der Waals surface area contributed by atoms with Crippen molar-refractivity contribution in [1.29, 1.82) is 0 Å². The lowest BCUT2D eigenvalue weighted by Gasteiger charge is -2.35. The summed E-state index contributed by atoms with van der Waals surface area (Å²) in [5.41, 5.74) is 3.14. The van der Waals surface area contributed by atoms with Crippen molar-refractivity contribution in [1.82, 2.24) is 10.3 Å². The molecule has 2 aromatic rings. The third kappa shape index (κ3) is 6.43. The lowest BCUT2D eigenvalue weighted by atomic mass is 9.97. The van der Waals surface area contributed by atoms with Gasteiger partial charge in [0.2, 0.25) is 5.91 Å². The second-order valence-corrected chi connectivity index (χ2v) is 8.82. The quantitative estimate of drug-likeness (QED) is 0.612. The number of halogens is 4. The maximum Gasteiger partial charge on any atom is 0.416 e. The number of pyridine rings is 1. The fourth-order valence-corrected chi connectivity index (χ4v) is 3.99. The van der Waals surface area contributed by atoms with Crippen LogP contribution in [-0.2, 0) is 16.1 Å². The molecule has 0 unspecified atom stereocenters. The van der Waals surface area contributed by atoms with Crippen molar-refractivity contribution in [3.8, 4) is 11.1 Å². The Hall–Kier alpha value is -2.68. The number of benzene rings is 1. The molecule has 1 fully saturated rings. The SMILES string of the molecule is Cc1cc(-c2c(F)cc(N3CCO[C@H](C(F)(F)F)C3)cc2CNC(=O)CC(C)C)cc(C)n1. The smallest absolute Gasteiger partial charge is 0.366 e. The van der Waals surface area contributed by atoms with E-state index in [0.29, 0.717) is 40.2 Å². The van der Waals surface area contributed by atoms with Gasteiger partial charge in [-0.15, -0.1) is 0 Å². The van der Waals surface area contributed by atoms with Gasteiger partial charge in [-0.25, -0.2) is 4.39 Å². The number of nitrogens with one attached hydrogen (secondary N) is 1. The molecule has 0 aliphatic carbocycles. The molecule has 0 spiro atoms. The number of carbonyl (C=O) groups is 1. The largest absolute Gasteiger partial charge is 0.416 e. The molecule has 2 heterocycles. The maximum absolute atomic E-state index is 15.5. The average Bonchev–Trinajstić information content (AvgIpc) is 2.70. The van der Waals surface area contributed by atoms with Gasteiger partial charge in [-0.3, -0.25) is 9.78 Å². The van der Waals surface area contributed by atoms with Gasteiger partial charge in [0.15, 0.2) is 6.10 Å². The number of hydrogen-bond donors (Lipinski definition) is 1. The summed E-state index contributed by atoms with van der Waals surface area (Å²) in [5, 5.41) is 2.82. The minimum atomic E-state index is -4.50. The van der Waals surface area contributed by atoms with Crippen LogP contribution in [0.2, 0.25) is 0 Å². The Morgan fingerprint density at radius 1 is 1.21 bits per heavy atom. The van der Waals surface area contributed by atoms with Crippen LogP contribution in [0, 0.1) is 25.6 Å². The van der Waals surface area contributed by atoms with E-state index in [0.717, 1.165) is 0 Å². The predicted octanol–water partition coefficient (Wildman–Crippen LogP) is 4.93. The zero-order valence-electron chi connectivity index (χ0n) is 19.2. The van der Waals surface area contributed by atoms with Gasteiger partial charge in [0.1, 0.15) is 5.82 Å². The fourth-order valence-electron chi connectivity index (χ4n) is 3.99. The molecule has 1 atom stereocenters. The standard InChI is InChI=1S/C24H29F4N3O2/c1-14(2)7-22(32)29-12-18-10-19(31-5-6-33-21(13-31)24(26,27)28)11-20(25)23(18)17-8-15(3)30-16(4)9-17/h8-11,14,21H,5-7,12-13H2,1-4H3,(H,29,32)/t21-/m0/s1. The topological polar surface area (TPSA) is 54.5 Å². The summed E-state index contributed by atoms with van der Waals surface area (Å²) >= 11 is 0. The number of alkyl halides is 3. The van der Waals surface area contributed by atoms with E-state index in [2.05, 4.69) is 10.3 Å². The second kappa shape index (κ2) is 10.1. The molecule has 0 saturated carbocycles. The van der Waals surface area contributed by atoms with Crippen molar-refractivity contribution < 1.29 is 27.1 Å². The Bertz CT molecular complexity index is 988. The number of aryl methyl sites for hydroxylation is 2. The minimum absolute atomic E-state index is 0.0547. The van der Waals surface area contributed by atoms with Crippen molar-refractivity contribution in [3.05, 3.63) is 47.0 Å². The van der Waals surface area contributed by atoms with Gasteiger partial charge < -0.3 is 15.0 Å². The van der Waals surface area contributed by atoms with Gasteiger partial charge >= 0.3 is 6.18 Å². The maximum atomic E-state index is 15.5. The van der Waals surface area contributed by atoms with E-state index in [1.165, 1.54) is 11.0 Å². The van der Waals surface area contributed by atoms with Crippen LogP contribution in [0.25, 0.3) is 11.1 Å². The lowest BCUT2D eigenvalue weighted by Crippen LogP contribution is -2.49. The summed E-state index contributed by atoms with van der Waals surface area (Å²) in [6.07, 6.45) is -6.12. The van der Waals surface area contributed by atoms with Crippen molar-refractivity contribution in [3.63, 3.8) is 0 Å². The number of morpholine rings is 1. The lowest BCUT2D eigenvalue weighted by molar-refractivity contribution is -0.221. The number of anilines is 1. The third-order valence-electron chi connectivity index (χ3n) is 5.39. The Morgan fingerprint density at radius 3 is 2.48 bits per heavy atom. The molecule has 1 aromatic heterocycles. The summed E-state index contributed by atoms with van der Waals surface area (Å²) in [7, 11) is 0. The van der Waals surface area contributed by atoms with Crippen molar-refractivity contribution in [2.24, 2.45) is 5.92 Å². The molecule has 0 radical (unpaired) electrons. The Morgan fingerprint density at radius 2 is 1.88 bits per heavy atom. The number of ether oxygens (including phenoxy) is 1. The molecular formula is C24H29F4N3O2. The van der Waals surface area contributed by atoms with E-state index in [1.807, 2.05) is 13.8 Å². The van der Waals surface area contributed by atoms with Gasteiger partial charge in [-0.1, -0.05) is 13.8 Å². The van der Waals surface area contributed by atoms with Crippen LogP contribution in [0.4, 0.5) is 23.2 Å². The first kappa shape index (κ1) is 25.0. The molecule has 3 rings (SSSR count).